The number of carbonyl (C=O) groups is 1. The smallest absolute Gasteiger partial charge is 0.320 e. The predicted octanol–water partition coefficient (Wildman–Crippen LogP) is 3.45. The largest absolute Gasteiger partial charge is 0.474 e. The van der Waals surface area contributed by atoms with Gasteiger partial charge in [0.1, 0.15) is 12.4 Å². The van der Waals surface area contributed by atoms with Crippen molar-refractivity contribution in [3.05, 3.63) is 71.3 Å². The maximum atomic E-state index is 14.0. The number of urea groups is 1. The zero-order valence-corrected chi connectivity index (χ0v) is 21.7. The van der Waals surface area contributed by atoms with Crippen molar-refractivity contribution in [2.75, 3.05) is 45.3 Å². The molecule has 1 saturated heterocycles. The molecule has 0 bridgehead atoms. The van der Waals surface area contributed by atoms with Crippen LogP contribution in [0.1, 0.15) is 24.0 Å². The first-order valence-corrected chi connectivity index (χ1v) is 12.5. The Kier molecular flexibility index (Phi) is 8.93. The first kappa shape index (κ1) is 27.5. The Hall–Kier alpha value is -3.54. The Morgan fingerprint density at radius 3 is 2.63 bits per heavy atom. The summed E-state index contributed by atoms with van der Waals surface area (Å²) in [6.07, 6.45) is -0.687. The summed E-state index contributed by atoms with van der Waals surface area (Å²) < 4.78 is 40.0. The summed E-state index contributed by atoms with van der Waals surface area (Å²) >= 11 is 0. The van der Waals surface area contributed by atoms with E-state index in [1.807, 2.05) is 30.3 Å². The predicted molar refractivity (Wildman–Crippen MR) is 139 cm³/mol. The monoisotopic (exact) mass is 529 g/mol. The second kappa shape index (κ2) is 12.3. The molecule has 0 aliphatic carbocycles. The van der Waals surface area contributed by atoms with E-state index in [9.17, 15) is 18.7 Å². The number of likely N-dealkylation sites (tertiary alicyclic amines) is 1. The molecule has 2 aromatic carbocycles. The highest BCUT2D eigenvalue weighted by Gasteiger charge is 2.35. The number of anilines is 1. The van der Waals surface area contributed by atoms with Gasteiger partial charge in [0.25, 0.3) is 0 Å². The number of methoxy groups -OCH3 is 1. The van der Waals surface area contributed by atoms with E-state index in [2.05, 4.69) is 20.6 Å². The second-order valence-electron chi connectivity index (χ2n) is 9.42. The van der Waals surface area contributed by atoms with Crippen LogP contribution in [0.15, 0.2) is 48.5 Å². The number of amides is 2. The molecule has 3 N–H and O–H groups in total. The van der Waals surface area contributed by atoms with Crippen molar-refractivity contribution in [2.45, 2.75) is 31.9 Å². The van der Waals surface area contributed by atoms with Crippen LogP contribution in [-0.4, -0.2) is 77.9 Å². The summed E-state index contributed by atoms with van der Waals surface area (Å²) in [5.74, 6) is -1.39. The molecule has 9 nitrogen and oxygen atoms in total. The number of ether oxygens (including phenoxy) is 2. The Morgan fingerprint density at radius 2 is 1.95 bits per heavy atom. The third-order valence-corrected chi connectivity index (χ3v) is 6.47. The molecule has 0 spiro atoms. The molecular formula is C27H33F2N5O4. The van der Waals surface area contributed by atoms with Gasteiger partial charge in [-0.15, -0.1) is 5.10 Å². The van der Waals surface area contributed by atoms with Gasteiger partial charge in [0.15, 0.2) is 11.6 Å². The summed E-state index contributed by atoms with van der Waals surface area (Å²) in [5.41, 5.74) is 1.91. The lowest BCUT2D eigenvalue weighted by atomic mass is 9.94. The number of nitrogens with zero attached hydrogens (tertiary/aromatic N) is 3. The fourth-order valence-corrected chi connectivity index (χ4v) is 4.54. The minimum absolute atomic E-state index is 0.0492. The molecule has 3 atom stereocenters. The Labute approximate surface area is 220 Å². The van der Waals surface area contributed by atoms with Gasteiger partial charge in [-0.25, -0.2) is 18.3 Å². The summed E-state index contributed by atoms with van der Waals surface area (Å²) in [6, 6.07) is 12.3. The Balaban J connectivity index is 1.56. The fourth-order valence-electron chi connectivity index (χ4n) is 4.54. The van der Waals surface area contributed by atoms with Crippen molar-refractivity contribution in [1.82, 2.24) is 20.0 Å². The molecule has 3 aromatic rings. The van der Waals surface area contributed by atoms with Crippen LogP contribution in [0, 0.1) is 18.6 Å². The molecule has 2 amide bonds. The molecule has 4 rings (SSSR count). The first-order valence-electron chi connectivity index (χ1n) is 12.5. The molecule has 1 aromatic heterocycles. The molecule has 1 aliphatic heterocycles. The molecular weight excluding hydrogens is 496 g/mol. The molecule has 0 unspecified atom stereocenters. The van der Waals surface area contributed by atoms with Gasteiger partial charge in [0.2, 0.25) is 5.88 Å². The lowest BCUT2D eigenvalue weighted by molar-refractivity contribution is 0.119. The summed E-state index contributed by atoms with van der Waals surface area (Å²) in [7, 11) is 1.61. The van der Waals surface area contributed by atoms with Gasteiger partial charge >= 0.3 is 6.03 Å². The van der Waals surface area contributed by atoms with Gasteiger partial charge in [0, 0.05) is 32.7 Å². The highest BCUT2D eigenvalue weighted by atomic mass is 19.2. The van der Waals surface area contributed by atoms with Crippen LogP contribution < -0.4 is 15.4 Å². The average molecular weight is 530 g/mol. The SMILES string of the molecule is COCCN1C[C@@H](NC(=O)Nc2c(C)c(OC[C@@H](C)O)nn2-c2ccccc2)[C@H](c2ccc(F)c(F)c2)C1. The number of para-hydroxylation sites is 1. The number of nitrogens with one attached hydrogen (secondary N) is 2. The number of rotatable bonds is 10. The number of carbonyl (C=O) groups excluding carboxylic acids is 1. The van der Waals surface area contributed by atoms with Crippen molar-refractivity contribution >= 4 is 11.8 Å². The van der Waals surface area contributed by atoms with Crippen LogP contribution in [0.5, 0.6) is 5.88 Å². The van der Waals surface area contributed by atoms with Crippen molar-refractivity contribution in [3.63, 3.8) is 0 Å². The fraction of sp³-hybridized carbons (Fsp3) is 0.407. The standard InChI is InChI=1S/C27H33F2N5O4/c1-17(35)16-38-26-18(2)25(34(32-26)20-7-5-4-6-8-20)31-27(36)30-24-15-33(11-12-37-3)14-21(24)19-9-10-22(28)23(29)13-19/h4-10,13,17,21,24,35H,11-12,14-16H2,1-3H3,(H2,30,31,36)/t17-,21+,24-/m1/s1. The van der Waals surface area contributed by atoms with E-state index in [4.69, 9.17) is 9.47 Å². The third kappa shape index (κ3) is 6.47. The van der Waals surface area contributed by atoms with Crippen LogP contribution in [0.25, 0.3) is 5.69 Å². The molecule has 38 heavy (non-hydrogen) atoms. The third-order valence-electron chi connectivity index (χ3n) is 6.47. The van der Waals surface area contributed by atoms with Crippen LogP contribution in [0.4, 0.5) is 19.4 Å². The van der Waals surface area contributed by atoms with Crippen molar-refractivity contribution in [1.29, 1.82) is 0 Å². The van der Waals surface area contributed by atoms with Gasteiger partial charge in [-0.3, -0.25) is 10.2 Å². The van der Waals surface area contributed by atoms with E-state index in [1.54, 1.807) is 31.7 Å². The Bertz CT molecular complexity index is 1240. The molecule has 11 heteroatoms. The lowest BCUT2D eigenvalue weighted by Gasteiger charge is -2.21. The maximum absolute atomic E-state index is 14.0. The van der Waals surface area contributed by atoms with Gasteiger partial charge in [0.05, 0.1) is 30.0 Å². The quantitative estimate of drug-likeness (QED) is 0.372. The number of aromatic nitrogens is 2. The molecule has 1 fully saturated rings. The summed E-state index contributed by atoms with van der Waals surface area (Å²) in [4.78, 5) is 15.4. The van der Waals surface area contributed by atoms with E-state index in [-0.39, 0.29) is 24.4 Å². The summed E-state index contributed by atoms with van der Waals surface area (Å²) in [6.45, 7) is 5.64. The second-order valence-corrected chi connectivity index (χ2v) is 9.42. The van der Waals surface area contributed by atoms with Crippen LogP contribution in [-0.2, 0) is 4.74 Å². The van der Waals surface area contributed by atoms with Crippen LogP contribution in [0.2, 0.25) is 0 Å². The average Bonchev–Trinajstić information content (AvgIpc) is 3.44. The van der Waals surface area contributed by atoms with Crippen LogP contribution >= 0.6 is 0 Å². The van der Waals surface area contributed by atoms with E-state index in [0.29, 0.717) is 48.9 Å². The maximum Gasteiger partial charge on any atom is 0.320 e. The van der Waals surface area contributed by atoms with E-state index in [0.717, 1.165) is 6.07 Å². The van der Waals surface area contributed by atoms with Crippen LogP contribution in [0.3, 0.4) is 0 Å². The molecule has 204 valence electrons. The van der Waals surface area contributed by atoms with Gasteiger partial charge in [-0.05, 0) is 43.7 Å². The topological polar surface area (TPSA) is 101 Å². The lowest BCUT2D eigenvalue weighted by Crippen LogP contribution is -2.42. The van der Waals surface area contributed by atoms with Gasteiger partial charge in [-0.1, -0.05) is 24.3 Å². The zero-order chi connectivity index (χ0) is 27.2. The van der Waals surface area contributed by atoms with Crippen molar-refractivity contribution < 1.29 is 28.2 Å². The Morgan fingerprint density at radius 1 is 1.18 bits per heavy atom. The number of benzene rings is 2. The number of halogens is 2. The first-order chi connectivity index (χ1) is 18.3. The highest BCUT2D eigenvalue weighted by Crippen LogP contribution is 2.31. The van der Waals surface area contributed by atoms with E-state index >= 15 is 0 Å². The highest BCUT2D eigenvalue weighted by molar-refractivity contribution is 5.90. The van der Waals surface area contributed by atoms with Gasteiger partial charge < -0.3 is 19.9 Å². The van der Waals surface area contributed by atoms with Crippen molar-refractivity contribution in [2.24, 2.45) is 0 Å². The molecule has 0 radical (unpaired) electrons. The molecule has 0 saturated carbocycles. The number of aliphatic hydroxyl groups excluding tert-OH is 1. The van der Waals surface area contributed by atoms with Gasteiger partial charge in [-0.2, -0.15) is 0 Å². The number of hydrogen-bond donors (Lipinski definition) is 3. The number of hydrogen-bond acceptors (Lipinski definition) is 6. The zero-order valence-electron chi connectivity index (χ0n) is 21.7. The number of aliphatic hydroxyl groups is 1. The minimum atomic E-state index is -0.923. The van der Waals surface area contributed by atoms with E-state index < -0.39 is 23.8 Å². The molecule has 2 heterocycles. The normalized spacial score (nSPS) is 18.4. The van der Waals surface area contributed by atoms with Crippen molar-refractivity contribution in [3.8, 4) is 11.6 Å². The minimum Gasteiger partial charge on any atom is -0.474 e. The molecule has 1 aliphatic rings. The summed E-state index contributed by atoms with van der Waals surface area (Å²) in [5, 5.41) is 20.0. The van der Waals surface area contributed by atoms with E-state index in [1.165, 1.54) is 6.07 Å².